The van der Waals surface area contributed by atoms with Gasteiger partial charge in [0, 0.05) is 11.1 Å². The maximum absolute atomic E-state index is 12.7. The van der Waals surface area contributed by atoms with E-state index in [4.69, 9.17) is 9.47 Å². The summed E-state index contributed by atoms with van der Waals surface area (Å²) in [4.78, 5) is 25.2. The zero-order valence-electron chi connectivity index (χ0n) is 18.2. The largest absolute Gasteiger partial charge is 0.497 e. The molecule has 0 saturated heterocycles. The first-order valence-electron chi connectivity index (χ1n) is 10.3. The number of hydrogen-bond donors (Lipinski definition) is 1. The fourth-order valence-electron chi connectivity index (χ4n) is 3.39. The van der Waals surface area contributed by atoms with Crippen molar-refractivity contribution in [2.45, 2.75) is 6.92 Å². The molecule has 0 spiro atoms. The second kappa shape index (κ2) is 9.78. The summed E-state index contributed by atoms with van der Waals surface area (Å²) in [5.74, 6) is 0.149. The number of fused-ring (bicyclic) bond motifs is 1. The third-order valence-electron chi connectivity index (χ3n) is 5.10. The fourth-order valence-corrected chi connectivity index (χ4v) is 3.39. The molecular weight excluding hydrogens is 416 g/mol. The Morgan fingerprint density at radius 2 is 1.67 bits per heavy atom. The molecule has 0 aromatic heterocycles. The standard InChI is InChI=1S/C27H22N2O4/c1-18-6-5-8-21(16-18)26(30)29-28-17-24-23-9-4-3-7-19(23)12-15-25(24)33-27(31)20-10-13-22(32-2)14-11-20/h3-17H,1-2H3,(H,29,30)/b28-17+. The number of carbonyl (C=O) groups is 2. The zero-order chi connectivity index (χ0) is 23.2. The molecular formula is C27H22N2O4. The minimum absolute atomic E-state index is 0.327. The summed E-state index contributed by atoms with van der Waals surface area (Å²) in [6.07, 6.45) is 1.49. The number of nitrogens with one attached hydrogen (secondary N) is 1. The monoisotopic (exact) mass is 438 g/mol. The molecule has 0 radical (unpaired) electrons. The average molecular weight is 438 g/mol. The Morgan fingerprint density at radius 1 is 0.879 bits per heavy atom. The maximum Gasteiger partial charge on any atom is 0.343 e. The van der Waals surface area contributed by atoms with Crippen molar-refractivity contribution in [2.24, 2.45) is 5.10 Å². The van der Waals surface area contributed by atoms with Crippen molar-refractivity contribution in [3.8, 4) is 11.5 Å². The van der Waals surface area contributed by atoms with Crippen molar-refractivity contribution >= 4 is 28.9 Å². The number of rotatable bonds is 6. The number of benzene rings is 4. The van der Waals surface area contributed by atoms with E-state index in [1.54, 1.807) is 49.6 Å². The molecule has 0 saturated carbocycles. The summed E-state index contributed by atoms with van der Waals surface area (Å²) in [7, 11) is 1.56. The van der Waals surface area contributed by atoms with Crippen LogP contribution in [0.1, 0.15) is 31.8 Å². The average Bonchev–Trinajstić information content (AvgIpc) is 2.85. The van der Waals surface area contributed by atoms with E-state index in [0.29, 0.717) is 28.2 Å². The van der Waals surface area contributed by atoms with Gasteiger partial charge in [0.05, 0.1) is 18.9 Å². The molecule has 0 bridgehead atoms. The van der Waals surface area contributed by atoms with Crippen molar-refractivity contribution < 1.29 is 19.1 Å². The third kappa shape index (κ3) is 5.07. The number of carbonyl (C=O) groups excluding carboxylic acids is 2. The fraction of sp³-hybridized carbons (Fsp3) is 0.0741. The molecule has 0 aliphatic carbocycles. The third-order valence-corrected chi connectivity index (χ3v) is 5.10. The summed E-state index contributed by atoms with van der Waals surface area (Å²) in [6, 6.07) is 25.2. The number of amides is 1. The second-order valence-electron chi connectivity index (χ2n) is 7.39. The molecule has 0 aliphatic heterocycles. The SMILES string of the molecule is COc1ccc(C(=O)Oc2ccc3ccccc3c2/C=N/NC(=O)c2cccc(C)c2)cc1. The van der Waals surface area contributed by atoms with E-state index in [1.807, 2.05) is 49.4 Å². The number of aryl methyl sites for hydroxylation is 1. The molecule has 1 amide bonds. The van der Waals surface area contributed by atoms with E-state index >= 15 is 0 Å². The van der Waals surface area contributed by atoms with Gasteiger partial charge in [-0.3, -0.25) is 4.79 Å². The minimum Gasteiger partial charge on any atom is -0.497 e. The Kier molecular flexibility index (Phi) is 6.45. The highest BCUT2D eigenvalue weighted by molar-refractivity contribution is 6.04. The molecule has 0 atom stereocenters. The van der Waals surface area contributed by atoms with Gasteiger partial charge >= 0.3 is 5.97 Å². The van der Waals surface area contributed by atoms with Gasteiger partial charge in [0.1, 0.15) is 11.5 Å². The lowest BCUT2D eigenvalue weighted by molar-refractivity contribution is 0.0734. The lowest BCUT2D eigenvalue weighted by Gasteiger charge is -2.11. The van der Waals surface area contributed by atoms with E-state index in [1.165, 1.54) is 6.21 Å². The Balaban J connectivity index is 1.61. The number of esters is 1. The number of hydrazone groups is 1. The van der Waals surface area contributed by atoms with Gasteiger partial charge in [-0.05, 0) is 60.2 Å². The van der Waals surface area contributed by atoms with Crippen LogP contribution in [-0.4, -0.2) is 25.2 Å². The van der Waals surface area contributed by atoms with Crippen LogP contribution in [0.25, 0.3) is 10.8 Å². The highest BCUT2D eigenvalue weighted by Crippen LogP contribution is 2.27. The highest BCUT2D eigenvalue weighted by atomic mass is 16.5. The quantitative estimate of drug-likeness (QED) is 0.196. The Hall–Kier alpha value is -4.45. The molecule has 6 heteroatoms. The van der Waals surface area contributed by atoms with Crippen LogP contribution in [0, 0.1) is 6.92 Å². The molecule has 33 heavy (non-hydrogen) atoms. The van der Waals surface area contributed by atoms with Crippen LogP contribution in [0.4, 0.5) is 0 Å². The predicted octanol–water partition coefficient (Wildman–Crippen LogP) is 5.14. The molecule has 4 aromatic rings. The topological polar surface area (TPSA) is 77.0 Å². The van der Waals surface area contributed by atoms with Gasteiger partial charge in [-0.2, -0.15) is 5.10 Å². The number of methoxy groups -OCH3 is 1. The van der Waals surface area contributed by atoms with Gasteiger partial charge in [-0.15, -0.1) is 0 Å². The van der Waals surface area contributed by atoms with Crippen molar-refractivity contribution in [2.75, 3.05) is 7.11 Å². The number of hydrogen-bond acceptors (Lipinski definition) is 5. The van der Waals surface area contributed by atoms with Crippen molar-refractivity contribution in [3.05, 3.63) is 107 Å². The molecule has 0 aliphatic rings. The van der Waals surface area contributed by atoms with Crippen molar-refractivity contribution in [1.29, 1.82) is 0 Å². The first-order chi connectivity index (χ1) is 16.0. The van der Waals surface area contributed by atoms with E-state index in [0.717, 1.165) is 16.3 Å². The number of ether oxygens (including phenoxy) is 2. The normalized spacial score (nSPS) is 10.8. The van der Waals surface area contributed by atoms with E-state index in [9.17, 15) is 9.59 Å². The van der Waals surface area contributed by atoms with Crippen LogP contribution >= 0.6 is 0 Å². The van der Waals surface area contributed by atoms with Crippen LogP contribution in [-0.2, 0) is 0 Å². The van der Waals surface area contributed by atoms with Crippen LogP contribution in [0.2, 0.25) is 0 Å². The maximum atomic E-state index is 12.7. The summed E-state index contributed by atoms with van der Waals surface area (Å²) >= 11 is 0. The van der Waals surface area contributed by atoms with Gasteiger partial charge in [0.25, 0.3) is 5.91 Å². The van der Waals surface area contributed by atoms with Crippen LogP contribution in [0.15, 0.2) is 90.0 Å². The van der Waals surface area contributed by atoms with Gasteiger partial charge < -0.3 is 9.47 Å². The molecule has 0 heterocycles. The van der Waals surface area contributed by atoms with Crippen LogP contribution < -0.4 is 14.9 Å². The smallest absolute Gasteiger partial charge is 0.343 e. The Morgan fingerprint density at radius 3 is 2.42 bits per heavy atom. The van der Waals surface area contributed by atoms with Gasteiger partial charge in [-0.1, -0.05) is 48.0 Å². The van der Waals surface area contributed by atoms with Crippen LogP contribution in [0.3, 0.4) is 0 Å². The first kappa shape index (κ1) is 21.8. The zero-order valence-corrected chi connectivity index (χ0v) is 18.2. The van der Waals surface area contributed by atoms with Crippen molar-refractivity contribution in [1.82, 2.24) is 5.43 Å². The first-order valence-corrected chi connectivity index (χ1v) is 10.3. The molecule has 0 fully saturated rings. The van der Waals surface area contributed by atoms with E-state index < -0.39 is 5.97 Å². The Labute approximate surface area is 191 Å². The lowest BCUT2D eigenvalue weighted by atomic mass is 10.0. The van der Waals surface area contributed by atoms with Crippen LogP contribution in [0.5, 0.6) is 11.5 Å². The Bertz CT molecular complexity index is 1340. The van der Waals surface area contributed by atoms with Gasteiger partial charge in [0.2, 0.25) is 0 Å². The summed E-state index contributed by atoms with van der Waals surface area (Å²) < 4.78 is 10.8. The molecule has 6 nitrogen and oxygen atoms in total. The predicted molar refractivity (Wildman–Crippen MR) is 128 cm³/mol. The summed E-state index contributed by atoms with van der Waals surface area (Å²) in [6.45, 7) is 1.92. The van der Waals surface area contributed by atoms with Gasteiger partial charge in [0.15, 0.2) is 0 Å². The van der Waals surface area contributed by atoms with Crippen molar-refractivity contribution in [3.63, 3.8) is 0 Å². The summed E-state index contributed by atoms with van der Waals surface area (Å²) in [5, 5.41) is 5.92. The van der Waals surface area contributed by atoms with E-state index in [2.05, 4.69) is 10.5 Å². The highest BCUT2D eigenvalue weighted by Gasteiger charge is 2.14. The molecule has 164 valence electrons. The van der Waals surface area contributed by atoms with E-state index in [-0.39, 0.29) is 5.91 Å². The van der Waals surface area contributed by atoms with Gasteiger partial charge in [-0.25, -0.2) is 10.2 Å². The lowest BCUT2D eigenvalue weighted by Crippen LogP contribution is -2.18. The molecule has 4 aromatic carbocycles. The molecule has 0 unspecified atom stereocenters. The molecule has 4 rings (SSSR count). The molecule has 1 N–H and O–H groups in total. The second-order valence-corrected chi connectivity index (χ2v) is 7.39. The summed E-state index contributed by atoms with van der Waals surface area (Å²) in [5.41, 5.74) is 5.00. The minimum atomic E-state index is -0.508. The number of nitrogens with zero attached hydrogens (tertiary/aromatic N) is 1.